The maximum atomic E-state index is 12.9. The molecule has 8 heteroatoms. The van der Waals surface area contributed by atoms with Gasteiger partial charge in [0.05, 0.1) is 12.0 Å². The van der Waals surface area contributed by atoms with E-state index < -0.39 is 10.0 Å². The highest BCUT2D eigenvalue weighted by Gasteiger charge is 2.29. The third-order valence-corrected chi connectivity index (χ3v) is 5.90. The van der Waals surface area contributed by atoms with Crippen LogP contribution in [0, 0.1) is 5.41 Å². The lowest BCUT2D eigenvalue weighted by Gasteiger charge is -2.31. The number of methoxy groups -OCH3 is 1. The Balaban J connectivity index is 2.82. The zero-order valence-corrected chi connectivity index (χ0v) is 16.4. The van der Waals surface area contributed by atoms with Gasteiger partial charge in [-0.25, -0.2) is 13.2 Å². The van der Waals surface area contributed by atoms with Crippen LogP contribution in [-0.4, -0.2) is 52.5 Å². The number of hydrogen-bond donors (Lipinski definition) is 2. The molecule has 0 aliphatic carbocycles. The molecule has 0 radical (unpaired) electrons. The predicted molar refractivity (Wildman–Crippen MR) is 98.3 cm³/mol. The topological polar surface area (TPSA) is 87.7 Å². The lowest BCUT2D eigenvalue weighted by Crippen LogP contribution is -2.41. The van der Waals surface area contributed by atoms with E-state index >= 15 is 0 Å². The minimum absolute atomic E-state index is 0.242. The van der Waals surface area contributed by atoms with E-state index in [-0.39, 0.29) is 16.3 Å². The van der Waals surface area contributed by atoms with E-state index in [4.69, 9.17) is 4.74 Å². The molecule has 7 nitrogen and oxygen atoms in total. The van der Waals surface area contributed by atoms with Crippen molar-refractivity contribution in [2.75, 3.05) is 33.8 Å². The summed E-state index contributed by atoms with van der Waals surface area (Å²) in [5.41, 5.74) is -0.281. The molecule has 1 rings (SSSR count). The van der Waals surface area contributed by atoms with E-state index in [0.717, 1.165) is 0 Å². The van der Waals surface area contributed by atoms with Crippen LogP contribution < -0.4 is 15.4 Å². The van der Waals surface area contributed by atoms with Crippen molar-refractivity contribution in [3.8, 4) is 5.75 Å². The fourth-order valence-electron chi connectivity index (χ4n) is 2.42. The number of amides is 2. The maximum absolute atomic E-state index is 12.9. The molecule has 0 aliphatic rings. The molecule has 25 heavy (non-hydrogen) atoms. The molecule has 0 aliphatic heterocycles. The lowest BCUT2D eigenvalue weighted by atomic mass is 9.89. The first-order valence-electron chi connectivity index (χ1n) is 8.26. The van der Waals surface area contributed by atoms with Gasteiger partial charge in [0.1, 0.15) is 5.75 Å². The van der Waals surface area contributed by atoms with Crippen LogP contribution >= 0.6 is 0 Å². The van der Waals surface area contributed by atoms with Crippen molar-refractivity contribution in [2.45, 2.75) is 32.1 Å². The van der Waals surface area contributed by atoms with Crippen LogP contribution in [0.15, 0.2) is 29.2 Å². The zero-order chi connectivity index (χ0) is 19.1. The highest BCUT2D eigenvalue weighted by atomic mass is 32.2. The zero-order valence-electron chi connectivity index (χ0n) is 15.6. The number of sulfonamides is 1. The summed E-state index contributed by atoms with van der Waals surface area (Å²) in [6.07, 6.45) is 0.662. The van der Waals surface area contributed by atoms with Crippen molar-refractivity contribution < 1.29 is 17.9 Å². The van der Waals surface area contributed by atoms with Gasteiger partial charge in [0.25, 0.3) is 0 Å². The van der Waals surface area contributed by atoms with Crippen LogP contribution in [0.1, 0.15) is 27.2 Å². The predicted octanol–water partition coefficient (Wildman–Crippen LogP) is 2.05. The molecular weight excluding hydrogens is 342 g/mol. The smallest absolute Gasteiger partial charge is 0.314 e. The van der Waals surface area contributed by atoms with Gasteiger partial charge in [0, 0.05) is 26.7 Å². The minimum Gasteiger partial charge on any atom is -0.497 e. The standard InChI is InChI=1S/C17H29N3O4S/c1-6-20(13-17(2,3)11-12-19-16(21)18-4)25(22,23)15-9-7-14(24-5)8-10-15/h7-10H,6,11-13H2,1-5H3,(H2,18,19,21). The van der Waals surface area contributed by atoms with Crippen LogP contribution in [0.2, 0.25) is 0 Å². The number of nitrogens with zero attached hydrogens (tertiary/aromatic N) is 1. The second-order valence-corrected chi connectivity index (χ2v) is 8.46. The summed E-state index contributed by atoms with van der Waals surface area (Å²) in [5.74, 6) is 0.614. The lowest BCUT2D eigenvalue weighted by molar-refractivity contribution is 0.230. The third-order valence-electron chi connectivity index (χ3n) is 3.97. The Labute approximate surface area is 150 Å². The third kappa shape index (κ3) is 6.21. The second-order valence-electron chi connectivity index (χ2n) is 6.53. The van der Waals surface area contributed by atoms with E-state index in [1.165, 1.54) is 11.4 Å². The normalized spacial score (nSPS) is 12.1. The molecule has 2 amide bonds. The molecule has 142 valence electrons. The Hall–Kier alpha value is -1.80. The summed E-state index contributed by atoms with van der Waals surface area (Å²) in [6.45, 7) is 7.02. The van der Waals surface area contributed by atoms with E-state index in [9.17, 15) is 13.2 Å². The first kappa shape index (κ1) is 21.2. The largest absolute Gasteiger partial charge is 0.497 e. The molecule has 0 unspecified atom stereocenters. The number of rotatable bonds is 9. The second kappa shape index (κ2) is 9.05. The number of ether oxygens (including phenoxy) is 1. The molecule has 0 saturated heterocycles. The Morgan fingerprint density at radius 2 is 1.84 bits per heavy atom. The van der Waals surface area contributed by atoms with Gasteiger partial charge >= 0.3 is 6.03 Å². The quantitative estimate of drug-likeness (QED) is 0.695. The molecule has 0 aromatic heterocycles. The molecular formula is C17H29N3O4S. The van der Waals surface area contributed by atoms with Gasteiger partial charge in [-0.2, -0.15) is 4.31 Å². The van der Waals surface area contributed by atoms with Crippen LogP contribution in [0.25, 0.3) is 0 Å². The first-order valence-corrected chi connectivity index (χ1v) is 9.70. The maximum Gasteiger partial charge on any atom is 0.314 e. The Kier molecular flexibility index (Phi) is 7.69. The summed E-state index contributed by atoms with van der Waals surface area (Å²) in [7, 11) is -0.482. The molecule has 1 aromatic carbocycles. The number of benzene rings is 1. The van der Waals surface area contributed by atoms with Crippen molar-refractivity contribution in [2.24, 2.45) is 5.41 Å². The summed E-state index contributed by atoms with van der Waals surface area (Å²) in [4.78, 5) is 11.5. The molecule has 0 saturated carbocycles. The molecule has 1 aromatic rings. The minimum atomic E-state index is -3.58. The molecule has 2 N–H and O–H groups in total. The van der Waals surface area contributed by atoms with Gasteiger partial charge in [0.2, 0.25) is 10.0 Å². The summed E-state index contributed by atoms with van der Waals surface area (Å²) < 4.78 is 32.3. The summed E-state index contributed by atoms with van der Waals surface area (Å²) in [5, 5.41) is 5.22. The number of carbonyl (C=O) groups excluding carboxylic acids is 1. The van der Waals surface area contributed by atoms with Crippen molar-refractivity contribution in [1.82, 2.24) is 14.9 Å². The summed E-state index contributed by atoms with van der Waals surface area (Å²) >= 11 is 0. The molecule has 0 spiro atoms. The molecule has 0 fully saturated rings. The van der Waals surface area contributed by atoms with Gasteiger partial charge in [0.15, 0.2) is 0 Å². The number of carbonyl (C=O) groups is 1. The van der Waals surface area contributed by atoms with Crippen LogP contribution in [0.4, 0.5) is 4.79 Å². The van der Waals surface area contributed by atoms with Gasteiger partial charge in [-0.05, 0) is 36.1 Å². The molecule has 0 bridgehead atoms. The molecule has 0 atom stereocenters. The Morgan fingerprint density at radius 1 is 1.24 bits per heavy atom. The van der Waals surface area contributed by atoms with Crippen LogP contribution in [0.5, 0.6) is 5.75 Å². The SMILES string of the molecule is CCN(CC(C)(C)CCNC(=O)NC)S(=O)(=O)c1ccc(OC)cc1. The number of urea groups is 1. The monoisotopic (exact) mass is 371 g/mol. The highest BCUT2D eigenvalue weighted by molar-refractivity contribution is 7.89. The number of hydrogen-bond acceptors (Lipinski definition) is 4. The Morgan fingerprint density at radius 3 is 2.32 bits per heavy atom. The van der Waals surface area contributed by atoms with Crippen molar-refractivity contribution in [3.05, 3.63) is 24.3 Å². The van der Waals surface area contributed by atoms with Gasteiger partial charge < -0.3 is 15.4 Å². The number of nitrogens with one attached hydrogen (secondary N) is 2. The van der Waals surface area contributed by atoms with E-state index in [0.29, 0.717) is 31.8 Å². The van der Waals surface area contributed by atoms with Gasteiger partial charge in [-0.3, -0.25) is 0 Å². The van der Waals surface area contributed by atoms with E-state index in [2.05, 4.69) is 10.6 Å². The first-order chi connectivity index (χ1) is 11.7. The van der Waals surface area contributed by atoms with Gasteiger partial charge in [-0.15, -0.1) is 0 Å². The van der Waals surface area contributed by atoms with Crippen molar-refractivity contribution in [3.63, 3.8) is 0 Å². The fourth-order valence-corrected chi connectivity index (χ4v) is 4.06. The summed E-state index contributed by atoms with van der Waals surface area (Å²) in [6, 6.07) is 6.14. The average molecular weight is 372 g/mol. The fraction of sp³-hybridized carbons (Fsp3) is 0.588. The van der Waals surface area contributed by atoms with E-state index in [1.807, 2.05) is 20.8 Å². The Bertz CT molecular complexity index is 657. The van der Waals surface area contributed by atoms with E-state index in [1.54, 1.807) is 31.3 Å². The van der Waals surface area contributed by atoms with Crippen molar-refractivity contribution in [1.29, 1.82) is 0 Å². The highest BCUT2D eigenvalue weighted by Crippen LogP contribution is 2.26. The van der Waals surface area contributed by atoms with Gasteiger partial charge in [-0.1, -0.05) is 20.8 Å². The van der Waals surface area contributed by atoms with Crippen LogP contribution in [-0.2, 0) is 10.0 Å². The average Bonchev–Trinajstić information content (AvgIpc) is 2.59. The van der Waals surface area contributed by atoms with Crippen molar-refractivity contribution >= 4 is 16.1 Å². The van der Waals surface area contributed by atoms with Crippen LogP contribution in [0.3, 0.4) is 0 Å². The molecule has 0 heterocycles.